The van der Waals surface area contributed by atoms with E-state index in [9.17, 15) is 5.11 Å². The highest BCUT2D eigenvalue weighted by Crippen LogP contribution is 2.32. The summed E-state index contributed by atoms with van der Waals surface area (Å²) >= 11 is 0. The Morgan fingerprint density at radius 1 is 1.37 bits per heavy atom. The molecule has 0 aromatic rings. The molecule has 0 amide bonds. The molecular formula is C18H30O. The molecular weight excluding hydrogens is 232 g/mol. The van der Waals surface area contributed by atoms with Crippen LogP contribution < -0.4 is 0 Å². The molecule has 1 N–H and O–H groups in total. The minimum atomic E-state index is -0.378. The Balaban J connectivity index is 2.98. The van der Waals surface area contributed by atoms with E-state index in [0.29, 0.717) is 5.92 Å². The summed E-state index contributed by atoms with van der Waals surface area (Å²) in [6.07, 6.45) is 12.7. The van der Waals surface area contributed by atoms with Gasteiger partial charge in [-0.2, -0.15) is 0 Å². The van der Waals surface area contributed by atoms with Gasteiger partial charge in [-0.05, 0) is 37.2 Å². The molecule has 0 spiro atoms. The fourth-order valence-corrected chi connectivity index (χ4v) is 3.11. The second-order valence-electron chi connectivity index (χ2n) is 5.77. The van der Waals surface area contributed by atoms with Crippen LogP contribution in [0.15, 0.2) is 36.0 Å². The van der Waals surface area contributed by atoms with Gasteiger partial charge in [0.15, 0.2) is 0 Å². The first-order chi connectivity index (χ1) is 9.15. The third-order valence-corrected chi connectivity index (χ3v) is 4.22. The van der Waals surface area contributed by atoms with Crippen molar-refractivity contribution in [1.29, 1.82) is 0 Å². The molecule has 0 aromatic carbocycles. The first-order valence-electron chi connectivity index (χ1n) is 7.84. The van der Waals surface area contributed by atoms with Crippen molar-refractivity contribution in [2.75, 3.05) is 0 Å². The molecule has 0 saturated heterocycles. The lowest BCUT2D eigenvalue weighted by molar-refractivity contribution is 0.130. The first-order valence-corrected chi connectivity index (χ1v) is 7.84. The van der Waals surface area contributed by atoms with E-state index < -0.39 is 0 Å². The fourth-order valence-electron chi connectivity index (χ4n) is 3.11. The molecule has 0 aromatic heterocycles. The standard InChI is InChI=1S/C18H30O/c1-5-10-15(11-6-2)16(7-3)18(19)17-13-9-8-12-14(17)4/h7,9,13-14,17-19H,3,5-6,8,10-12H2,1-2,4H3. The second kappa shape index (κ2) is 8.37. The van der Waals surface area contributed by atoms with Gasteiger partial charge in [-0.15, -0.1) is 0 Å². The van der Waals surface area contributed by atoms with E-state index in [1.807, 2.05) is 6.08 Å². The number of hydrogen-bond donors (Lipinski definition) is 1. The molecule has 19 heavy (non-hydrogen) atoms. The van der Waals surface area contributed by atoms with Crippen LogP contribution in [0.1, 0.15) is 59.3 Å². The van der Waals surface area contributed by atoms with Crippen molar-refractivity contribution < 1.29 is 5.11 Å². The molecule has 0 radical (unpaired) electrons. The van der Waals surface area contributed by atoms with E-state index in [2.05, 4.69) is 39.5 Å². The maximum atomic E-state index is 10.7. The zero-order valence-corrected chi connectivity index (χ0v) is 12.9. The molecule has 108 valence electrons. The van der Waals surface area contributed by atoms with Crippen LogP contribution in [-0.2, 0) is 0 Å². The Labute approximate surface area is 119 Å². The summed E-state index contributed by atoms with van der Waals surface area (Å²) in [5.74, 6) is 0.810. The summed E-state index contributed by atoms with van der Waals surface area (Å²) in [6.45, 7) is 10.6. The SMILES string of the molecule is C=CC(=C(CCC)CCC)C(O)C1C=CCCC1C. The Bertz CT molecular complexity index is 330. The van der Waals surface area contributed by atoms with Gasteiger partial charge in [0.05, 0.1) is 6.10 Å². The van der Waals surface area contributed by atoms with Gasteiger partial charge in [-0.25, -0.2) is 0 Å². The monoisotopic (exact) mass is 262 g/mol. The molecule has 0 bridgehead atoms. The van der Waals surface area contributed by atoms with Crippen LogP contribution in [0.4, 0.5) is 0 Å². The Kier molecular flexibility index (Phi) is 7.15. The summed E-state index contributed by atoms with van der Waals surface area (Å²) in [6, 6.07) is 0. The van der Waals surface area contributed by atoms with Crippen molar-refractivity contribution in [1.82, 2.24) is 0 Å². The topological polar surface area (TPSA) is 20.2 Å². The molecule has 0 fully saturated rings. The van der Waals surface area contributed by atoms with E-state index >= 15 is 0 Å². The largest absolute Gasteiger partial charge is 0.388 e. The summed E-state index contributed by atoms with van der Waals surface area (Å²) in [4.78, 5) is 0. The van der Waals surface area contributed by atoms with E-state index in [4.69, 9.17) is 0 Å². The highest BCUT2D eigenvalue weighted by atomic mass is 16.3. The van der Waals surface area contributed by atoms with Gasteiger partial charge < -0.3 is 5.11 Å². The van der Waals surface area contributed by atoms with Crippen molar-refractivity contribution in [3.05, 3.63) is 36.0 Å². The van der Waals surface area contributed by atoms with Crippen LogP contribution in [0, 0.1) is 11.8 Å². The molecule has 0 heterocycles. The summed E-state index contributed by atoms with van der Waals surface area (Å²) < 4.78 is 0. The summed E-state index contributed by atoms with van der Waals surface area (Å²) in [5.41, 5.74) is 2.49. The van der Waals surface area contributed by atoms with Crippen molar-refractivity contribution in [2.24, 2.45) is 11.8 Å². The molecule has 1 aliphatic carbocycles. The zero-order valence-electron chi connectivity index (χ0n) is 12.9. The van der Waals surface area contributed by atoms with Crippen LogP contribution in [0.5, 0.6) is 0 Å². The van der Waals surface area contributed by atoms with Crippen molar-refractivity contribution >= 4 is 0 Å². The van der Waals surface area contributed by atoms with Gasteiger partial charge in [0.2, 0.25) is 0 Å². The fraction of sp³-hybridized carbons (Fsp3) is 0.667. The highest BCUT2D eigenvalue weighted by molar-refractivity contribution is 5.30. The van der Waals surface area contributed by atoms with Crippen molar-refractivity contribution in [2.45, 2.75) is 65.4 Å². The van der Waals surface area contributed by atoms with Gasteiger partial charge >= 0.3 is 0 Å². The van der Waals surface area contributed by atoms with Gasteiger partial charge in [-0.3, -0.25) is 0 Å². The zero-order chi connectivity index (χ0) is 14.3. The van der Waals surface area contributed by atoms with E-state index in [1.165, 1.54) is 12.0 Å². The molecule has 1 heteroatoms. The molecule has 1 aliphatic rings. The van der Waals surface area contributed by atoms with Crippen LogP contribution in [0.25, 0.3) is 0 Å². The van der Waals surface area contributed by atoms with Crippen molar-refractivity contribution in [3.8, 4) is 0 Å². The lowest BCUT2D eigenvalue weighted by atomic mass is 9.78. The average molecular weight is 262 g/mol. The number of rotatable bonds is 7. The summed E-state index contributed by atoms with van der Waals surface area (Å²) in [5, 5.41) is 10.7. The summed E-state index contributed by atoms with van der Waals surface area (Å²) in [7, 11) is 0. The first kappa shape index (κ1) is 16.2. The van der Waals surface area contributed by atoms with E-state index in [-0.39, 0.29) is 12.0 Å². The smallest absolute Gasteiger partial charge is 0.0854 e. The van der Waals surface area contributed by atoms with Gasteiger partial charge in [0.25, 0.3) is 0 Å². The van der Waals surface area contributed by atoms with Crippen LogP contribution in [-0.4, -0.2) is 11.2 Å². The van der Waals surface area contributed by atoms with Crippen LogP contribution >= 0.6 is 0 Å². The van der Waals surface area contributed by atoms with Gasteiger partial charge in [0, 0.05) is 5.92 Å². The normalized spacial score (nSPS) is 24.0. The third-order valence-electron chi connectivity index (χ3n) is 4.22. The van der Waals surface area contributed by atoms with E-state index in [0.717, 1.165) is 37.7 Å². The number of allylic oxidation sites excluding steroid dienone is 2. The number of aliphatic hydroxyl groups is 1. The van der Waals surface area contributed by atoms with Crippen LogP contribution in [0.2, 0.25) is 0 Å². The second-order valence-corrected chi connectivity index (χ2v) is 5.77. The Morgan fingerprint density at radius 2 is 2.00 bits per heavy atom. The Morgan fingerprint density at radius 3 is 2.47 bits per heavy atom. The maximum absolute atomic E-state index is 10.7. The predicted octanol–water partition coefficient (Wildman–Crippen LogP) is 5.03. The maximum Gasteiger partial charge on any atom is 0.0854 e. The van der Waals surface area contributed by atoms with Gasteiger partial charge in [-0.1, -0.05) is 64.0 Å². The Hall–Kier alpha value is -0.820. The minimum absolute atomic E-state index is 0.255. The lowest BCUT2D eigenvalue weighted by Crippen LogP contribution is -2.28. The van der Waals surface area contributed by atoms with Gasteiger partial charge in [0.1, 0.15) is 0 Å². The van der Waals surface area contributed by atoms with Crippen LogP contribution in [0.3, 0.4) is 0 Å². The quantitative estimate of drug-likeness (QED) is 0.504. The highest BCUT2D eigenvalue weighted by Gasteiger charge is 2.27. The molecule has 3 atom stereocenters. The molecule has 3 unspecified atom stereocenters. The third kappa shape index (κ3) is 4.35. The molecule has 1 rings (SSSR count). The minimum Gasteiger partial charge on any atom is -0.388 e. The van der Waals surface area contributed by atoms with Crippen molar-refractivity contribution in [3.63, 3.8) is 0 Å². The molecule has 1 nitrogen and oxygen atoms in total. The molecule has 0 saturated carbocycles. The number of hydrogen-bond acceptors (Lipinski definition) is 1. The predicted molar refractivity (Wildman–Crippen MR) is 84.1 cm³/mol. The lowest BCUT2D eigenvalue weighted by Gasteiger charge is -2.30. The van der Waals surface area contributed by atoms with E-state index in [1.54, 1.807) is 0 Å². The average Bonchev–Trinajstić information content (AvgIpc) is 2.40. The molecule has 0 aliphatic heterocycles. The number of aliphatic hydroxyl groups excluding tert-OH is 1.